The van der Waals surface area contributed by atoms with Crippen molar-refractivity contribution in [3.05, 3.63) is 48.2 Å². The quantitative estimate of drug-likeness (QED) is 0.778. The predicted octanol–water partition coefficient (Wildman–Crippen LogP) is 2.69. The van der Waals surface area contributed by atoms with E-state index in [9.17, 15) is 4.79 Å². The maximum atomic E-state index is 12.7. The standard InChI is InChI=1S/C19H23N5O/c1-13(2)18(19-22-21-16-8-5-10-24(16)19)20-17(25)12-23-11-9-14-6-3-4-7-15(14)23/h3-4,6-7,9,11,13,18H,5,8,10,12H2,1-2H3,(H,20,25)/t18-/m1/s1. The van der Waals surface area contributed by atoms with Crippen LogP contribution in [0, 0.1) is 5.92 Å². The van der Waals surface area contributed by atoms with Crippen LogP contribution in [0.3, 0.4) is 0 Å². The molecule has 1 aliphatic heterocycles. The fourth-order valence-electron chi connectivity index (χ4n) is 3.58. The van der Waals surface area contributed by atoms with Gasteiger partial charge in [0.15, 0.2) is 5.82 Å². The largest absolute Gasteiger partial charge is 0.344 e. The van der Waals surface area contributed by atoms with Crippen molar-refractivity contribution < 1.29 is 4.79 Å². The van der Waals surface area contributed by atoms with Crippen LogP contribution in [0.1, 0.15) is 38.0 Å². The molecule has 6 heteroatoms. The van der Waals surface area contributed by atoms with Crippen LogP contribution in [-0.4, -0.2) is 25.2 Å². The van der Waals surface area contributed by atoms with Crippen molar-refractivity contribution in [2.75, 3.05) is 0 Å². The van der Waals surface area contributed by atoms with Crippen LogP contribution in [0.4, 0.5) is 0 Å². The highest BCUT2D eigenvalue weighted by Gasteiger charge is 2.27. The average molecular weight is 337 g/mol. The second kappa shape index (κ2) is 6.35. The Bertz CT molecular complexity index is 908. The van der Waals surface area contributed by atoms with E-state index >= 15 is 0 Å². The van der Waals surface area contributed by atoms with E-state index in [1.54, 1.807) is 0 Å². The summed E-state index contributed by atoms with van der Waals surface area (Å²) in [5.74, 6) is 2.16. The van der Waals surface area contributed by atoms with E-state index in [0.29, 0.717) is 6.54 Å². The maximum Gasteiger partial charge on any atom is 0.240 e. The van der Waals surface area contributed by atoms with E-state index in [0.717, 1.165) is 41.9 Å². The highest BCUT2D eigenvalue weighted by atomic mass is 16.2. The monoisotopic (exact) mass is 337 g/mol. The van der Waals surface area contributed by atoms with Crippen LogP contribution in [0.5, 0.6) is 0 Å². The first-order chi connectivity index (χ1) is 12.1. The SMILES string of the molecule is CC(C)[C@@H](NC(=O)Cn1ccc2ccccc21)c1nnc2n1CCC2. The van der Waals surface area contributed by atoms with Crippen LogP contribution in [0.2, 0.25) is 0 Å². The lowest BCUT2D eigenvalue weighted by Gasteiger charge is -2.22. The zero-order chi connectivity index (χ0) is 17.4. The van der Waals surface area contributed by atoms with Crippen molar-refractivity contribution in [1.29, 1.82) is 0 Å². The Morgan fingerprint density at radius 2 is 2.08 bits per heavy atom. The fourth-order valence-corrected chi connectivity index (χ4v) is 3.58. The molecule has 0 saturated heterocycles. The minimum absolute atomic E-state index is 0.00426. The second-order valence-corrected chi connectivity index (χ2v) is 7.02. The molecule has 2 aromatic heterocycles. The van der Waals surface area contributed by atoms with Crippen molar-refractivity contribution in [2.45, 2.75) is 45.8 Å². The predicted molar refractivity (Wildman–Crippen MR) is 96.0 cm³/mol. The molecular weight excluding hydrogens is 314 g/mol. The summed E-state index contributed by atoms with van der Waals surface area (Å²) in [6.45, 7) is 5.45. The zero-order valence-electron chi connectivity index (χ0n) is 14.6. The molecule has 25 heavy (non-hydrogen) atoms. The molecule has 3 heterocycles. The minimum atomic E-state index is -0.117. The first kappa shape index (κ1) is 15.9. The summed E-state index contributed by atoms with van der Waals surface area (Å²) < 4.78 is 4.15. The van der Waals surface area contributed by atoms with Gasteiger partial charge < -0.3 is 14.5 Å². The first-order valence-electron chi connectivity index (χ1n) is 8.88. The molecule has 3 aromatic rings. The smallest absolute Gasteiger partial charge is 0.240 e. The van der Waals surface area contributed by atoms with Gasteiger partial charge in [-0.25, -0.2) is 0 Å². The topological polar surface area (TPSA) is 64.7 Å². The van der Waals surface area contributed by atoms with E-state index in [-0.39, 0.29) is 17.9 Å². The normalized spacial score (nSPS) is 14.8. The number of carbonyl (C=O) groups excluding carboxylic acids is 1. The molecule has 4 rings (SSSR count). The second-order valence-electron chi connectivity index (χ2n) is 7.02. The number of fused-ring (bicyclic) bond motifs is 2. The number of rotatable bonds is 5. The highest BCUT2D eigenvalue weighted by Crippen LogP contribution is 2.24. The Labute approximate surface area is 146 Å². The van der Waals surface area contributed by atoms with Crippen molar-refractivity contribution in [1.82, 2.24) is 24.6 Å². The van der Waals surface area contributed by atoms with E-state index in [1.807, 2.05) is 35.0 Å². The number of hydrogen-bond donors (Lipinski definition) is 1. The van der Waals surface area contributed by atoms with E-state index < -0.39 is 0 Å². The molecule has 6 nitrogen and oxygen atoms in total. The van der Waals surface area contributed by atoms with Gasteiger partial charge in [0, 0.05) is 24.7 Å². The van der Waals surface area contributed by atoms with Gasteiger partial charge in [-0.1, -0.05) is 32.0 Å². The number of nitrogens with one attached hydrogen (secondary N) is 1. The number of carbonyl (C=O) groups is 1. The minimum Gasteiger partial charge on any atom is -0.344 e. The number of para-hydroxylation sites is 1. The van der Waals surface area contributed by atoms with Gasteiger partial charge in [0.2, 0.25) is 5.91 Å². The van der Waals surface area contributed by atoms with Gasteiger partial charge in [-0.15, -0.1) is 10.2 Å². The Balaban J connectivity index is 1.53. The Morgan fingerprint density at radius 1 is 1.24 bits per heavy atom. The number of benzene rings is 1. The molecular formula is C19H23N5O. The lowest BCUT2D eigenvalue weighted by Crippen LogP contribution is -2.35. The molecule has 0 spiro atoms. The lowest BCUT2D eigenvalue weighted by molar-refractivity contribution is -0.122. The van der Waals surface area contributed by atoms with E-state index in [1.165, 1.54) is 0 Å². The summed E-state index contributed by atoms with van der Waals surface area (Å²) in [7, 11) is 0. The molecule has 0 aliphatic carbocycles. The summed E-state index contributed by atoms with van der Waals surface area (Å²) in [6, 6.07) is 10.0. The molecule has 0 unspecified atom stereocenters. The molecule has 1 aliphatic rings. The van der Waals surface area contributed by atoms with Crippen molar-refractivity contribution in [3.63, 3.8) is 0 Å². The number of hydrogen-bond acceptors (Lipinski definition) is 3. The molecule has 0 saturated carbocycles. The van der Waals surface area contributed by atoms with Gasteiger partial charge in [-0.2, -0.15) is 0 Å². The number of nitrogens with zero attached hydrogens (tertiary/aromatic N) is 4. The maximum absolute atomic E-state index is 12.7. The van der Waals surface area contributed by atoms with E-state index in [2.05, 4.69) is 40.0 Å². The molecule has 130 valence electrons. The first-order valence-corrected chi connectivity index (χ1v) is 8.88. The average Bonchev–Trinajstić information content (AvgIpc) is 3.29. The summed E-state index contributed by atoms with van der Waals surface area (Å²) in [5.41, 5.74) is 1.07. The van der Waals surface area contributed by atoms with Crippen LogP contribution in [-0.2, 0) is 24.3 Å². The van der Waals surface area contributed by atoms with Crippen molar-refractivity contribution >= 4 is 16.8 Å². The molecule has 1 aromatic carbocycles. The summed E-state index contributed by atoms with van der Waals surface area (Å²) >= 11 is 0. The Hall–Kier alpha value is -2.63. The zero-order valence-corrected chi connectivity index (χ0v) is 14.6. The van der Waals surface area contributed by atoms with Crippen LogP contribution in [0.15, 0.2) is 36.5 Å². The van der Waals surface area contributed by atoms with Crippen LogP contribution < -0.4 is 5.32 Å². The number of amides is 1. The van der Waals surface area contributed by atoms with Gasteiger partial charge in [-0.3, -0.25) is 4.79 Å². The number of aromatic nitrogens is 4. The lowest BCUT2D eigenvalue weighted by atomic mass is 10.0. The summed E-state index contributed by atoms with van der Waals surface area (Å²) in [6.07, 6.45) is 4.04. The molecule has 0 fully saturated rings. The van der Waals surface area contributed by atoms with Crippen LogP contribution in [0.25, 0.3) is 10.9 Å². The van der Waals surface area contributed by atoms with Crippen molar-refractivity contribution in [2.24, 2.45) is 5.92 Å². The Morgan fingerprint density at radius 3 is 2.92 bits per heavy atom. The molecule has 0 bridgehead atoms. The van der Waals surface area contributed by atoms with Crippen LogP contribution >= 0.6 is 0 Å². The number of aryl methyl sites for hydroxylation is 1. The molecule has 1 amide bonds. The van der Waals surface area contributed by atoms with Gasteiger partial charge in [0.25, 0.3) is 0 Å². The molecule has 0 radical (unpaired) electrons. The molecule has 1 N–H and O–H groups in total. The van der Waals surface area contributed by atoms with Gasteiger partial charge in [-0.05, 0) is 29.9 Å². The summed E-state index contributed by atoms with van der Waals surface area (Å²) in [5, 5.41) is 12.9. The fraction of sp³-hybridized carbons (Fsp3) is 0.421. The molecule has 1 atom stereocenters. The Kier molecular flexibility index (Phi) is 4.03. The highest BCUT2D eigenvalue weighted by molar-refractivity contribution is 5.83. The van der Waals surface area contributed by atoms with Gasteiger partial charge >= 0.3 is 0 Å². The van der Waals surface area contributed by atoms with Crippen molar-refractivity contribution in [3.8, 4) is 0 Å². The van der Waals surface area contributed by atoms with Gasteiger partial charge in [0.05, 0.1) is 6.04 Å². The van der Waals surface area contributed by atoms with Gasteiger partial charge in [0.1, 0.15) is 12.4 Å². The third kappa shape index (κ3) is 2.92. The summed E-state index contributed by atoms with van der Waals surface area (Å²) in [4.78, 5) is 12.7. The van der Waals surface area contributed by atoms with E-state index in [4.69, 9.17) is 0 Å². The third-order valence-electron chi connectivity index (χ3n) is 4.89. The third-order valence-corrected chi connectivity index (χ3v) is 4.89.